The number of amides is 1. The molecule has 5 nitrogen and oxygen atoms in total. The standard InChI is InChI=1S/C10H14N2O3/c11-5-8(13)6-15-9-3-1-7(2-4-9)10(12)14/h1-4,8,13H,5-6,11H2,(H2,12,14). The summed E-state index contributed by atoms with van der Waals surface area (Å²) in [6.07, 6.45) is -0.680. The number of ether oxygens (including phenoxy) is 1. The normalized spacial score (nSPS) is 12.1. The Bertz CT molecular complexity index is 324. The van der Waals surface area contributed by atoms with Crippen molar-refractivity contribution in [1.82, 2.24) is 0 Å². The third-order valence-electron chi connectivity index (χ3n) is 1.85. The molecule has 0 aromatic heterocycles. The third kappa shape index (κ3) is 3.57. The number of benzene rings is 1. The summed E-state index contributed by atoms with van der Waals surface area (Å²) in [4.78, 5) is 10.7. The highest BCUT2D eigenvalue weighted by Crippen LogP contribution is 2.11. The lowest BCUT2D eigenvalue weighted by atomic mass is 10.2. The molecule has 15 heavy (non-hydrogen) atoms. The molecule has 1 rings (SSSR count). The molecule has 1 atom stereocenters. The predicted octanol–water partition coefficient (Wildman–Crippen LogP) is -0.516. The molecule has 0 saturated heterocycles. The van der Waals surface area contributed by atoms with Gasteiger partial charge < -0.3 is 21.3 Å². The van der Waals surface area contributed by atoms with Crippen molar-refractivity contribution in [2.75, 3.05) is 13.2 Å². The van der Waals surface area contributed by atoms with Crippen molar-refractivity contribution in [2.24, 2.45) is 11.5 Å². The van der Waals surface area contributed by atoms with Crippen molar-refractivity contribution in [3.8, 4) is 5.75 Å². The summed E-state index contributed by atoms with van der Waals surface area (Å²) in [6.45, 7) is 0.284. The third-order valence-corrected chi connectivity index (χ3v) is 1.85. The molecule has 0 bridgehead atoms. The minimum Gasteiger partial charge on any atom is -0.491 e. The smallest absolute Gasteiger partial charge is 0.248 e. The van der Waals surface area contributed by atoms with E-state index in [2.05, 4.69) is 0 Å². The fourth-order valence-corrected chi connectivity index (χ4v) is 0.976. The van der Waals surface area contributed by atoms with Crippen LogP contribution in [0.5, 0.6) is 5.75 Å². The first-order chi connectivity index (χ1) is 7.13. The lowest BCUT2D eigenvalue weighted by Gasteiger charge is -2.10. The van der Waals surface area contributed by atoms with Crippen LogP contribution in [0.4, 0.5) is 0 Å². The SMILES string of the molecule is NCC(O)COc1ccc(C(N)=O)cc1. The minimum atomic E-state index is -0.680. The monoisotopic (exact) mass is 210 g/mol. The molecule has 0 fully saturated rings. The molecule has 0 aliphatic rings. The maximum atomic E-state index is 10.7. The quantitative estimate of drug-likeness (QED) is 0.609. The van der Waals surface area contributed by atoms with E-state index in [0.717, 1.165) is 0 Å². The highest BCUT2D eigenvalue weighted by Gasteiger charge is 2.03. The lowest BCUT2D eigenvalue weighted by Crippen LogP contribution is -2.26. The highest BCUT2D eigenvalue weighted by molar-refractivity contribution is 5.92. The van der Waals surface area contributed by atoms with E-state index in [9.17, 15) is 4.79 Å². The van der Waals surface area contributed by atoms with E-state index in [1.165, 1.54) is 0 Å². The summed E-state index contributed by atoms with van der Waals surface area (Å²) in [7, 11) is 0. The van der Waals surface area contributed by atoms with Gasteiger partial charge in [0, 0.05) is 12.1 Å². The molecule has 0 saturated carbocycles. The molecule has 0 aliphatic carbocycles. The zero-order chi connectivity index (χ0) is 11.3. The number of hydrogen-bond donors (Lipinski definition) is 3. The first-order valence-electron chi connectivity index (χ1n) is 4.54. The van der Waals surface area contributed by atoms with Gasteiger partial charge in [0.15, 0.2) is 0 Å². The van der Waals surface area contributed by atoms with Crippen LogP contribution in [0.3, 0.4) is 0 Å². The number of aliphatic hydroxyl groups is 1. The van der Waals surface area contributed by atoms with Gasteiger partial charge >= 0.3 is 0 Å². The van der Waals surface area contributed by atoms with E-state index >= 15 is 0 Å². The molecular weight excluding hydrogens is 196 g/mol. The van der Waals surface area contributed by atoms with Gasteiger partial charge in [-0.1, -0.05) is 0 Å². The molecule has 0 aliphatic heterocycles. The number of hydrogen-bond acceptors (Lipinski definition) is 4. The van der Waals surface area contributed by atoms with Gasteiger partial charge in [-0.25, -0.2) is 0 Å². The van der Waals surface area contributed by atoms with Crippen molar-refractivity contribution < 1.29 is 14.6 Å². The largest absolute Gasteiger partial charge is 0.491 e. The summed E-state index contributed by atoms with van der Waals surface area (Å²) in [5.41, 5.74) is 10.7. The lowest BCUT2D eigenvalue weighted by molar-refractivity contribution is 0.0999. The van der Waals surface area contributed by atoms with Gasteiger partial charge in [0.1, 0.15) is 18.5 Å². The number of carbonyl (C=O) groups excluding carboxylic acids is 1. The molecule has 1 unspecified atom stereocenters. The van der Waals surface area contributed by atoms with Crippen molar-refractivity contribution >= 4 is 5.91 Å². The molecule has 5 heteroatoms. The Labute approximate surface area is 87.6 Å². The van der Waals surface area contributed by atoms with Gasteiger partial charge in [-0.3, -0.25) is 4.79 Å². The average Bonchev–Trinajstić information content (AvgIpc) is 2.26. The summed E-state index contributed by atoms with van der Waals surface area (Å²) in [5.74, 6) is 0.0797. The first kappa shape index (κ1) is 11.5. The van der Waals surface area contributed by atoms with Gasteiger partial charge in [-0.05, 0) is 24.3 Å². The second-order valence-electron chi connectivity index (χ2n) is 3.09. The molecule has 82 valence electrons. The highest BCUT2D eigenvalue weighted by atomic mass is 16.5. The van der Waals surface area contributed by atoms with Gasteiger partial charge in [0.05, 0.1) is 0 Å². The number of rotatable bonds is 5. The van der Waals surface area contributed by atoms with Crippen LogP contribution in [0.2, 0.25) is 0 Å². The minimum absolute atomic E-state index is 0.131. The number of nitrogens with two attached hydrogens (primary N) is 2. The Morgan fingerprint density at radius 3 is 2.47 bits per heavy atom. The Balaban J connectivity index is 2.53. The van der Waals surface area contributed by atoms with Gasteiger partial charge in [0.25, 0.3) is 0 Å². The van der Waals surface area contributed by atoms with Gasteiger partial charge in [-0.2, -0.15) is 0 Å². The fraction of sp³-hybridized carbons (Fsp3) is 0.300. The summed E-state index contributed by atoms with van der Waals surface area (Å²) in [5, 5.41) is 9.14. The van der Waals surface area contributed by atoms with E-state index in [-0.39, 0.29) is 13.2 Å². The fourth-order valence-electron chi connectivity index (χ4n) is 0.976. The van der Waals surface area contributed by atoms with Crippen molar-refractivity contribution in [3.05, 3.63) is 29.8 Å². The number of aliphatic hydroxyl groups excluding tert-OH is 1. The number of primary amides is 1. The summed E-state index contributed by atoms with van der Waals surface area (Å²) in [6, 6.07) is 6.35. The topological polar surface area (TPSA) is 98.6 Å². The van der Waals surface area contributed by atoms with E-state index in [4.69, 9.17) is 21.3 Å². The summed E-state index contributed by atoms with van der Waals surface area (Å²) < 4.78 is 5.21. The van der Waals surface area contributed by atoms with Crippen LogP contribution < -0.4 is 16.2 Å². The van der Waals surface area contributed by atoms with E-state index in [1.807, 2.05) is 0 Å². The Hall–Kier alpha value is -1.59. The average molecular weight is 210 g/mol. The molecule has 1 amide bonds. The second kappa shape index (κ2) is 5.33. The summed E-state index contributed by atoms with van der Waals surface area (Å²) >= 11 is 0. The van der Waals surface area contributed by atoms with Crippen molar-refractivity contribution in [1.29, 1.82) is 0 Å². The zero-order valence-corrected chi connectivity index (χ0v) is 8.22. The van der Waals surface area contributed by atoms with E-state index < -0.39 is 12.0 Å². The molecule has 1 aromatic rings. The van der Waals surface area contributed by atoms with Gasteiger partial charge in [0.2, 0.25) is 5.91 Å². The van der Waals surface area contributed by atoms with Crippen molar-refractivity contribution in [2.45, 2.75) is 6.10 Å². The molecule has 0 heterocycles. The number of carbonyl (C=O) groups is 1. The predicted molar refractivity (Wildman–Crippen MR) is 55.5 cm³/mol. The van der Waals surface area contributed by atoms with Crippen molar-refractivity contribution in [3.63, 3.8) is 0 Å². The maximum absolute atomic E-state index is 10.7. The molecular formula is C10H14N2O3. The molecule has 0 spiro atoms. The maximum Gasteiger partial charge on any atom is 0.248 e. The zero-order valence-electron chi connectivity index (χ0n) is 8.22. The van der Waals surface area contributed by atoms with E-state index in [1.54, 1.807) is 24.3 Å². The Kier molecular flexibility index (Phi) is 4.08. The van der Waals surface area contributed by atoms with Gasteiger partial charge in [-0.15, -0.1) is 0 Å². The Morgan fingerprint density at radius 2 is 2.00 bits per heavy atom. The van der Waals surface area contributed by atoms with E-state index in [0.29, 0.717) is 11.3 Å². The van der Waals surface area contributed by atoms with Crippen LogP contribution in [-0.2, 0) is 0 Å². The molecule has 0 radical (unpaired) electrons. The second-order valence-corrected chi connectivity index (χ2v) is 3.09. The van der Waals surface area contributed by atoms with Crippen LogP contribution in [0.15, 0.2) is 24.3 Å². The van der Waals surface area contributed by atoms with Crippen LogP contribution in [0, 0.1) is 0 Å². The van der Waals surface area contributed by atoms with Crippen LogP contribution in [-0.4, -0.2) is 30.3 Å². The Morgan fingerprint density at radius 1 is 1.40 bits per heavy atom. The van der Waals surface area contributed by atoms with Crippen LogP contribution in [0.25, 0.3) is 0 Å². The van der Waals surface area contributed by atoms with Crippen LogP contribution >= 0.6 is 0 Å². The first-order valence-corrected chi connectivity index (χ1v) is 4.54. The molecule has 1 aromatic carbocycles. The van der Waals surface area contributed by atoms with Crippen LogP contribution in [0.1, 0.15) is 10.4 Å². The molecule has 5 N–H and O–H groups in total.